The first-order valence-electron chi connectivity index (χ1n) is 8.02. The van der Waals surface area contributed by atoms with Crippen LogP contribution < -0.4 is 10.6 Å². The SMILES string of the molecule is Cc1c(C(=O)Nc2cccc(Nc3ccccc3)c2)cccc1[N+](=O)[O-]. The highest BCUT2D eigenvalue weighted by Gasteiger charge is 2.18. The van der Waals surface area contributed by atoms with Gasteiger partial charge in [-0.3, -0.25) is 14.9 Å². The zero-order valence-electron chi connectivity index (χ0n) is 14.1. The standard InChI is InChI=1S/C20H17N3O3/c1-14-18(11-6-12-19(14)23(25)26)20(24)22-17-10-5-9-16(13-17)21-15-7-3-2-4-8-15/h2-13,21H,1H3,(H,22,24). The summed E-state index contributed by atoms with van der Waals surface area (Å²) in [6.07, 6.45) is 0. The zero-order valence-corrected chi connectivity index (χ0v) is 14.1. The molecule has 0 aliphatic rings. The van der Waals surface area contributed by atoms with Crippen LogP contribution in [-0.2, 0) is 0 Å². The van der Waals surface area contributed by atoms with E-state index >= 15 is 0 Å². The molecule has 26 heavy (non-hydrogen) atoms. The van der Waals surface area contributed by atoms with Crippen molar-refractivity contribution in [2.24, 2.45) is 0 Å². The van der Waals surface area contributed by atoms with Crippen molar-refractivity contribution >= 4 is 28.7 Å². The molecule has 0 unspecified atom stereocenters. The van der Waals surface area contributed by atoms with Crippen molar-refractivity contribution in [2.45, 2.75) is 6.92 Å². The van der Waals surface area contributed by atoms with Crippen molar-refractivity contribution in [3.63, 3.8) is 0 Å². The van der Waals surface area contributed by atoms with Crippen LogP contribution in [0.1, 0.15) is 15.9 Å². The molecule has 0 fully saturated rings. The molecule has 3 aromatic carbocycles. The van der Waals surface area contributed by atoms with Crippen molar-refractivity contribution in [3.05, 3.63) is 94.0 Å². The number of para-hydroxylation sites is 1. The summed E-state index contributed by atoms with van der Waals surface area (Å²) in [5.74, 6) is -0.386. The van der Waals surface area contributed by atoms with Crippen LogP contribution in [0.5, 0.6) is 0 Å². The van der Waals surface area contributed by atoms with Gasteiger partial charge < -0.3 is 10.6 Å². The fourth-order valence-corrected chi connectivity index (χ4v) is 2.63. The van der Waals surface area contributed by atoms with Crippen LogP contribution in [0.25, 0.3) is 0 Å². The Morgan fingerprint density at radius 2 is 1.54 bits per heavy atom. The smallest absolute Gasteiger partial charge is 0.273 e. The molecule has 0 aromatic heterocycles. The zero-order chi connectivity index (χ0) is 18.5. The largest absolute Gasteiger partial charge is 0.355 e. The molecule has 2 N–H and O–H groups in total. The molecule has 130 valence electrons. The highest BCUT2D eigenvalue weighted by Crippen LogP contribution is 2.24. The van der Waals surface area contributed by atoms with E-state index in [1.54, 1.807) is 25.1 Å². The third-order valence-electron chi connectivity index (χ3n) is 3.93. The van der Waals surface area contributed by atoms with Crippen LogP contribution in [-0.4, -0.2) is 10.8 Å². The number of benzene rings is 3. The highest BCUT2D eigenvalue weighted by atomic mass is 16.6. The maximum Gasteiger partial charge on any atom is 0.273 e. The van der Waals surface area contributed by atoms with Gasteiger partial charge >= 0.3 is 0 Å². The average molecular weight is 347 g/mol. The third-order valence-corrected chi connectivity index (χ3v) is 3.93. The predicted octanol–water partition coefficient (Wildman–Crippen LogP) is 4.90. The molecule has 0 atom stereocenters. The van der Waals surface area contributed by atoms with Gasteiger partial charge in [-0.15, -0.1) is 0 Å². The van der Waals surface area contributed by atoms with Crippen molar-refractivity contribution in [2.75, 3.05) is 10.6 Å². The summed E-state index contributed by atoms with van der Waals surface area (Å²) in [6.45, 7) is 1.57. The molecule has 0 radical (unpaired) electrons. The molecule has 6 nitrogen and oxygen atoms in total. The number of nitro groups is 1. The average Bonchev–Trinajstić information content (AvgIpc) is 2.62. The third kappa shape index (κ3) is 3.87. The van der Waals surface area contributed by atoms with Crippen LogP contribution in [0.3, 0.4) is 0 Å². The maximum atomic E-state index is 12.5. The van der Waals surface area contributed by atoms with Crippen LogP contribution in [0, 0.1) is 17.0 Å². The number of amides is 1. The summed E-state index contributed by atoms with van der Waals surface area (Å²) in [5.41, 5.74) is 2.91. The number of nitrogens with zero attached hydrogens (tertiary/aromatic N) is 1. The van der Waals surface area contributed by atoms with Gasteiger partial charge in [0.25, 0.3) is 11.6 Å². The van der Waals surface area contributed by atoms with Gasteiger partial charge in [-0.1, -0.05) is 30.3 Å². The minimum atomic E-state index is -0.490. The van der Waals surface area contributed by atoms with Gasteiger partial charge in [-0.05, 0) is 43.3 Å². The van der Waals surface area contributed by atoms with Gasteiger partial charge in [0.05, 0.1) is 4.92 Å². The van der Waals surface area contributed by atoms with E-state index in [9.17, 15) is 14.9 Å². The number of rotatable bonds is 5. The molecule has 0 saturated heterocycles. The van der Waals surface area contributed by atoms with E-state index in [1.165, 1.54) is 12.1 Å². The van der Waals surface area contributed by atoms with Crippen molar-refractivity contribution in [3.8, 4) is 0 Å². The molecule has 0 aliphatic carbocycles. The lowest BCUT2D eigenvalue weighted by Gasteiger charge is -2.11. The van der Waals surface area contributed by atoms with Gasteiger partial charge in [0.1, 0.15) is 0 Å². The van der Waals surface area contributed by atoms with E-state index in [-0.39, 0.29) is 17.2 Å². The molecule has 6 heteroatoms. The topological polar surface area (TPSA) is 84.3 Å². The Morgan fingerprint density at radius 1 is 0.885 bits per heavy atom. The van der Waals surface area contributed by atoms with Crippen molar-refractivity contribution in [1.29, 1.82) is 0 Å². The quantitative estimate of drug-likeness (QED) is 0.508. The van der Waals surface area contributed by atoms with E-state index < -0.39 is 4.92 Å². The fraction of sp³-hybridized carbons (Fsp3) is 0.0500. The van der Waals surface area contributed by atoms with Gasteiger partial charge in [0.2, 0.25) is 0 Å². The number of hydrogen-bond donors (Lipinski definition) is 2. The van der Waals surface area contributed by atoms with Crippen molar-refractivity contribution < 1.29 is 9.72 Å². The first-order valence-corrected chi connectivity index (χ1v) is 8.02. The Bertz CT molecular complexity index is 956. The molecule has 0 heterocycles. The van der Waals surface area contributed by atoms with Gasteiger partial charge in [0.15, 0.2) is 0 Å². The molecule has 0 spiro atoms. The molecule has 0 aliphatic heterocycles. The van der Waals surface area contributed by atoms with Crippen LogP contribution in [0.4, 0.5) is 22.7 Å². The number of carbonyl (C=O) groups excluding carboxylic acids is 1. The molecule has 3 aromatic rings. The summed E-state index contributed by atoms with van der Waals surface area (Å²) in [5, 5.41) is 17.1. The Morgan fingerprint density at radius 3 is 2.27 bits per heavy atom. The predicted molar refractivity (Wildman–Crippen MR) is 102 cm³/mol. The molecule has 0 bridgehead atoms. The monoisotopic (exact) mass is 347 g/mol. The van der Waals surface area contributed by atoms with E-state index in [1.807, 2.05) is 42.5 Å². The van der Waals surface area contributed by atoms with Gasteiger partial charge in [-0.25, -0.2) is 0 Å². The Balaban J connectivity index is 1.79. The van der Waals surface area contributed by atoms with Gasteiger partial charge in [0, 0.05) is 34.3 Å². The number of nitro benzene ring substituents is 1. The summed E-state index contributed by atoms with van der Waals surface area (Å²) >= 11 is 0. The minimum Gasteiger partial charge on any atom is -0.355 e. The van der Waals surface area contributed by atoms with E-state index in [2.05, 4.69) is 10.6 Å². The van der Waals surface area contributed by atoms with Crippen molar-refractivity contribution in [1.82, 2.24) is 0 Å². The summed E-state index contributed by atoms with van der Waals surface area (Å²) in [6, 6.07) is 21.4. The molecule has 3 rings (SSSR count). The normalized spacial score (nSPS) is 10.2. The molecule has 0 saturated carbocycles. The number of hydrogen-bond acceptors (Lipinski definition) is 4. The van der Waals surface area contributed by atoms with E-state index in [4.69, 9.17) is 0 Å². The molecule has 1 amide bonds. The van der Waals surface area contributed by atoms with E-state index in [0.717, 1.165) is 11.4 Å². The van der Waals surface area contributed by atoms with Crippen LogP contribution >= 0.6 is 0 Å². The maximum absolute atomic E-state index is 12.5. The number of carbonyl (C=O) groups is 1. The summed E-state index contributed by atoms with van der Waals surface area (Å²) in [7, 11) is 0. The summed E-state index contributed by atoms with van der Waals surface area (Å²) < 4.78 is 0. The Hall–Kier alpha value is -3.67. The van der Waals surface area contributed by atoms with Crippen LogP contribution in [0.2, 0.25) is 0 Å². The minimum absolute atomic E-state index is 0.0721. The number of nitrogens with one attached hydrogen (secondary N) is 2. The summed E-state index contributed by atoms with van der Waals surface area (Å²) in [4.78, 5) is 23.1. The highest BCUT2D eigenvalue weighted by molar-refractivity contribution is 6.06. The Kier molecular flexibility index (Phi) is 4.94. The first-order chi connectivity index (χ1) is 12.5. The molecular weight excluding hydrogens is 330 g/mol. The second-order valence-corrected chi connectivity index (χ2v) is 5.73. The fourth-order valence-electron chi connectivity index (χ4n) is 2.63. The van der Waals surface area contributed by atoms with Crippen LogP contribution in [0.15, 0.2) is 72.8 Å². The lowest BCUT2D eigenvalue weighted by atomic mass is 10.1. The van der Waals surface area contributed by atoms with Gasteiger partial charge in [-0.2, -0.15) is 0 Å². The Labute approximate surface area is 150 Å². The van der Waals surface area contributed by atoms with E-state index in [0.29, 0.717) is 11.3 Å². The number of anilines is 3. The first kappa shape index (κ1) is 17.2. The second kappa shape index (κ2) is 7.48. The second-order valence-electron chi connectivity index (χ2n) is 5.73. The lowest BCUT2D eigenvalue weighted by molar-refractivity contribution is -0.385. The molecular formula is C20H17N3O3. The lowest BCUT2D eigenvalue weighted by Crippen LogP contribution is -2.14.